The summed E-state index contributed by atoms with van der Waals surface area (Å²) in [4.78, 5) is 24.5. The second kappa shape index (κ2) is 7.55. The lowest BCUT2D eigenvalue weighted by Gasteiger charge is -2.13. The molecule has 25 heavy (non-hydrogen) atoms. The van der Waals surface area contributed by atoms with E-state index in [1.165, 1.54) is 12.3 Å². The first-order chi connectivity index (χ1) is 12.1. The second-order valence-electron chi connectivity index (χ2n) is 5.04. The average molecular weight is 356 g/mol. The summed E-state index contributed by atoms with van der Waals surface area (Å²) in [5, 5.41) is 3.13. The van der Waals surface area contributed by atoms with Gasteiger partial charge < -0.3 is 9.73 Å². The summed E-state index contributed by atoms with van der Waals surface area (Å²) >= 11 is 6.03. The van der Waals surface area contributed by atoms with Crippen LogP contribution in [0.15, 0.2) is 71.3 Å². The molecule has 2 aromatic carbocycles. The second-order valence-corrected chi connectivity index (χ2v) is 5.44. The van der Waals surface area contributed by atoms with Gasteiger partial charge in [-0.2, -0.15) is 0 Å². The van der Waals surface area contributed by atoms with Crippen molar-refractivity contribution >= 4 is 34.8 Å². The highest BCUT2D eigenvalue weighted by molar-refractivity contribution is 6.33. The zero-order valence-corrected chi connectivity index (χ0v) is 13.7. The SMILES string of the molecule is O=C(Nc1ccccc1C(=O)NNc1ccccc1Cl)c1ccco1. The molecular formula is C18H14ClN3O3. The number of anilines is 2. The standard InChI is InChI=1S/C18H14ClN3O3/c19-13-7-2-4-9-15(13)21-22-17(23)12-6-1-3-8-14(12)20-18(24)16-10-5-11-25-16/h1-11,21H,(H,20,24)(H,22,23). The van der Waals surface area contributed by atoms with Gasteiger partial charge in [0.05, 0.1) is 28.2 Å². The molecule has 0 saturated heterocycles. The van der Waals surface area contributed by atoms with E-state index in [9.17, 15) is 9.59 Å². The summed E-state index contributed by atoms with van der Waals surface area (Å²) in [5.74, 6) is -0.705. The number of hydrogen-bond donors (Lipinski definition) is 3. The Kier molecular flexibility index (Phi) is 5.01. The van der Waals surface area contributed by atoms with Gasteiger partial charge in [0.15, 0.2) is 5.76 Å². The maximum absolute atomic E-state index is 12.4. The molecule has 0 radical (unpaired) electrons. The van der Waals surface area contributed by atoms with Gasteiger partial charge in [-0.15, -0.1) is 0 Å². The van der Waals surface area contributed by atoms with E-state index in [4.69, 9.17) is 16.0 Å². The maximum Gasteiger partial charge on any atom is 0.291 e. The van der Waals surface area contributed by atoms with E-state index in [0.29, 0.717) is 22.0 Å². The summed E-state index contributed by atoms with van der Waals surface area (Å²) in [6.45, 7) is 0. The van der Waals surface area contributed by atoms with Crippen molar-refractivity contribution < 1.29 is 14.0 Å². The quantitative estimate of drug-likeness (QED) is 0.605. The van der Waals surface area contributed by atoms with Gasteiger partial charge in [0.1, 0.15) is 0 Å². The molecule has 126 valence electrons. The van der Waals surface area contributed by atoms with E-state index in [-0.39, 0.29) is 5.76 Å². The lowest BCUT2D eigenvalue weighted by molar-refractivity contribution is 0.0963. The smallest absolute Gasteiger partial charge is 0.291 e. The molecule has 0 spiro atoms. The number of amides is 2. The van der Waals surface area contributed by atoms with Crippen LogP contribution >= 0.6 is 11.6 Å². The molecular weight excluding hydrogens is 342 g/mol. The van der Waals surface area contributed by atoms with E-state index < -0.39 is 11.8 Å². The number of benzene rings is 2. The number of hydrogen-bond acceptors (Lipinski definition) is 4. The normalized spacial score (nSPS) is 10.1. The third-order valence-corrected chi connectivity index (χ3v) is 3.68. The van der Waals surface area contributed by atoms with Crippen LogP contribution in [0, 0.1) is 0 Å². The maximum atomic E-state index is 12.4. The molecule has 2 amide bonds. The molecule has 0 aliphatic carbocycles. The summed E-state index contributed by atoms with van der Waals surface area (Å²) in [6, 6.07) is 16.8. The predicted octanol–water partition coefficient (Wildman–Crippen LogP) is 3.94. The highest BCUT2D eigenvalue weighted by atomic mass is 35.5. The Morgan fingerprint density at radius 3 is 2.28 bits per heavy atom. The van der Waals surface area contributed by atoms with Gasteiger partial charge in [-0.25, -0.2) is 0 Å². The Bertz CT molecular complexity index is 894. The van der Waals surface area contributed by atoms with Crippen molar-refractivity contribution in [3.05, 3.63) is 83.3 Å². The molecule has 0 atom stereocenters. The zero-order chi connectivity index (χ0) is 17.6. The summed E-state index contributed by atoms with van der Waals surface area (Å²) in [7, 11) is 0. The zero-order valence-electron chi connectivity index (χ0n) is 13.0. The van der Waals surface area contributed by atoms with Gasteiger partial charge >= 0.3 is 0 Å². The molecule has 0 aliphatic heterocycles. The van der Waals surface area contributed by atoms with Crippen molar-refractivity contribution in [3.8, 4) is 0 Å². The molecule has 3 rings (SSSR count). The molecule has 6 nitrogen and oxygen atoms in total. The van der Waals surface area contributed by atoms with Crippen molar-refractivity contribution in [2.24, 2.45) is 0 Å². The highest BCUT2D eigenvalue weighted by Gasteiger charge is 2.15. The van der Waals surface area contributed by atoms with E-state index in [0.717, 1.165) is 0 Å². The van der Waals surface area contributed by atoms with Crippen LogP contribution in [0.3, 0.4) is 0 Å². The van der Waals surface area contributed by atoms with Gasteiger partial charge in [0.25, 0.3) is 11.8 Å². The van der Waals surface area contributed by atoms with E-state index in [1.807, 2.05) is 0 Å². The van der Waals surface area contributed by atoms with Crippen molar-refractivity contribution in [2.75, 3.05) is 10.7 Å². The third kappa shape index (κ3) is 3.99. The van der Waals surface area contributed by atoms with Gasteiger partial charge in [0, 0.05) is 0 Å². The summed E-state index contributed by atoms with van der Waals surface area (Å²) in [5.41, 5.74) is 6.53. The van der Waals surface area contributed by atoms with Crippen molar-refractivity contribution in [1.29, 1.82) is 0 Å². The monoisotopic (exact) mass is 355 g/mol. The van der Waals surface area contributed by atoms with Crippen LogP contribution in [0.4, 0.5) is 11.4 Å². The van der Waals surface area contributed by atoms with Crippen LogP contribution in [0.25, 0.3) is 0 Å². The Morgan fingerprint density at radius 1 is 0.840 bits per heavy atom. The number of furan rings is 1. The molecule has 3 aromatic rings. The van der Waals surface area contributed by atoms with Crippen LogP contribution in [-0.4, -0.2) is 11.8 Å². The number of carbonyl (C=O) groups is 2. The van der Waals surface area contributed by atoms with E-state index in [1.54, 1.807) is 54.6 Å². The fraction of sp³-hybridized carbons (Fsp3) is 0. The molecule has 0 fully saturated rings. The first kappa shape index (κ1) is 16.6. The van der Waals surface area contributed by atoms with Crippen molar-refractivity contribution in [3.63, 3.8) is 0 Å². The predicted molar refractivity (Wildman–Crippen MR) is 95.6 cm³/mol. The van der Waals surface area contributed by atoms with Crippen LogP contribution in [-0.2, 0) is 0 Å². The minimum Gasteiger partial charge on any atom is -0.459 e. The number of rotatable bonds is 5. The number of nitrogens with one attached hydrogen (secondary N) is 3. The van der Waals surface area contributed by atoms with Crippen LogP contribution < -0.4 is 16.2 Å². The van der Waals surface area contributed by atoms with E-state index >= 15 is 0 Å². The minimum absolute atomic E-state index is 0.157. The molecule has 0 saturated carbocycles. The lowest BCUT2D eigenvalue weighted by Crippen LogP contribution is -2.30. The number of para-hydroxylation sites is 2. The van der Waals surface area contributed by atoms with E-state index in [2.05, 4.69) is 16.2 Å². The fourth-order valence-electron chi connectivity index (χ4n) is 2.14. The van der Waals surface area contributed by atoms with Gasteiger partial charge in [-0.1, -0.05) is 35.9 Å². The Balaban J connectivity index is 1.72. The van der Waals surface area contributed by atoms with Gasteiger partial charge in [-0.05, 0) is 36.4 Å². The minimum atomic E-state index is -0.440. The third-order valence-electron chi connectivity index (χ3n) is 3.35. The largest absolute Gasteiger partial charge is 0.459 e. The molecule has 1 aromatic heterocycles. The van der Waals surface area contributed by atoms with Crippen LogP contribution in [0.2, 0.25) is 5.02 Å². The van der Waals surface area contributed by atoms with Gasteiger partial charge in [-0.3, -0.25) is 20.4 Å². The molecule has 7 heteroatoms. The Morgan fingerprint density at radius 2 is 1.56 bits per heavy atom. The molecule has 0 bridgehead atoms. The van der Waals surface area contributed by atoms with Gasteiger partial charge in [0.2, 0.25) is 0 Å². The lowest BCUT2D eigenvalue weighted by atomic mass is 10.1. The Labute approximate surface area is 148 Å². The van der Waals surface area contributed by atoms with Crippen LogP contribution in [0.5, 0.6) is 0 Å². The van der Waals surface area contributed by atoms with Crippen LogP contribution in [0.1, 0.15) is 20.9 Å². The number of carbonyl (C=O) groups excluding carboxylic acids is 2. The summed E-state index contributed by atoms with van der Waals surface area (Å²) < 4.78 is 5.05. The highest BCUT2D eigenvalue weighted by Crippen LogP contribution is 2.20. The molecule has 3 N–H and O–H groups in total. The molecule has 0 aliphatic rings. The number of halogens is 1. The average Bonchev–Trinajstić information content (AvgIpc) is 3.16. The van der Waals surface area contributed by atoms with Crippen molar-refractivity contribution in [1.82, 2.24) is 5.43 Å². The Hall–Kier alpha value is -3.25. The topological polar surface area (TPSA) is 83.4 Å². The first-order valence-electron chi connectivity index (χ1n) is 7.40. The molecule has 0 unspecified atom stereocenters. The first-order valence-corrected chi connectivity index (χ1v) is 7.78. The fourth-order valence-corrected chi connectivity index (χ4v) is 2.32. The summed E-state index contributed by atoms with van der Waals surface area (Å²) in [6.07, 6.45) is 1.40. The number of hydrazine groups is 1. The molecule has 1 heterocycles. The van der Waals surface area contributed by atoms with Crippen molar-refractivity contribution in [2.45, 2.75) is 0 Å².